The molecule has 3 aromatic rings. The maximum Gasteiger partial charge on any atom is 0.338 e. The maximum absolute atomic E-state index is 13.1. The van der Waals surface area contributed by atoms with Crippen LogP contribution in [0.1, 0.15) is 77.2 Å². The highest BCUT2D eigenvalue weighted by atomic mass is 16.5. The van der Waals surface area contributed by atoms with Crippen LogP contribution < -0.4 is 9.64 Å². The molecular weight excluding hydrogens is 442 g/mol. The molecule has 1 heterocycles. The van der Waals surface area contributed by atoms with E-state index in [2.05, 4.69) is 20.8 Å². The first-order valence-electron chi connectivity index (χ1n) is 11.8. The molecule has 3 aromatic carbocycles. The number of unbranched alkanes of at least 4 members (excludes halogenated alkanes) is 1. The Bertz CT molecular complexity index is 1250. The first kappa shape index (κ1) is 24.2. The molecule has 6 nitrogen and oxygen atoms in total. The average molecular weight is 472 g/mol. The van der Waals surface area contributed by atoms with E-state index in [1.54, 1.807) is 24.3 Å². The molecule has 0 atom stereocenters. The van der Waals surface area contributed by atoms with Crippen LogP contribution in [0.15, 0.2) is 66.7 Å². The minimum absolute atomic E-state index is 0.0582. The number of benzene rings is 3. The Labute approximate surface area is 205 Å². The fourth-order valence-electron chi connectivity index (χ4n) is 3.82. The number of ether oxygens (including phenoxy) is 2. The third-order valence-corrected chi connectivity index (χ3v) is 5.90. The molecule has 0 saturated heterocycles. The number of amides is 2. The second kappa shape index (κ2) is 9.74. The summed E-state index contributed by atoms with van der Waals surface area (Å²) in [7, 11) is 0. The van der Waals surface area contributed by atoms with E-state index in [1.165, 1.54) is 23.8 Å². The number of fused-ring (bicyclic) bond motifs is 1. The number of imide groups is 1. The van der Waals surface area contributed by atoms with Crippen molar-refractivity contribution in [2.75, 3.05) is 11.5 Å². The lowest BCUT2D eigenvalue weighted by molar-refractivity contribution is 0.0499. The highest BCUT2D eigenvalue weighted by Crippen LogP contribution is 2.32. The molecule has 0 saturated carbocycles. The highest BCUT2D eigenvalue weighted by Gasteiger charge is 2.37. The summed E-state index contributed by atoms with van der Waals surface area (Å²) < 4.78 is 11.1. The molecule has 180 valence electrons. The van der Waals surface area contributed by atoms with Crippen molar-refractivity contribution in [2.45, 2.75) is 46.0 Å². The summed E-state index contributed by atoms with van der Waals surface area (Å²) >= 11 is 0. The number of nitrogens with zero attached hydrogens (tertiary/aromatic N) is 1. The van der Waals surface area contributed by atoms with Crippen LogP contribution >= 0.6 is 0 Å². The molecule has 0 unspecified atom stereocenters. The summed E-state index contributed by atoms with van der Waals surface area (Å²) in [6, 6.07) is 19.1. The van der Waals surface area contributed by atoms with Gasteiger partial charge in [0.1, 0.15) is 11.5 Å². The molecule has 0 radical (unpaired) electrons. The molecule has 0 N–H and O–H groups in total. The molecule has 0 bridgehead atoms. The zero-order valence-electron chi connectivity index (χ0n) is 20.5. The smallest absolute Gasteiger partial charge is 0.338 e. The van der Waals surface area contributed by atoms with Crippen molar-refractivity contribution < 1.29 is 23.9 Å². The van der Waals surface area contributed by atoms with Gasteiger partial charge in [0.2, 0.25) is 0 Å². The van der Waals surface area contributed by atoms with Crippen molar-refractivity contribution in [3.63, 3.8) is 0 Å². The van der Waals surface area contributed by atoms with E-state index in [0.29, 0.717) is 23.8 Å². The van der Waals surface area contributed by atoms with Gasteiger partial charge in [-0.3, -0.25) is 9.59 Å². The van der Waals surface area contributed by atoms with Gasteiger partial charge in [0.05, 0.1) is 29.0 Å². The van der Waals surface area contributed by atoms with E-state index in [9.17, 15) is 14.4 Å². The van der Waals surface area contributed by atoms with E-state index in [0.717, 1.165) is 17.7 Å². The summed E-state index contributed by atoms with van der Waals surface area (Å²) in [5.41, 5.74) is 2.41. The minimum Gasteiger partial charge on any atom is -0.462 e. The third-order valence-electron chi connectivity index (χ3n) is 5.90. The van der Waals surface area contributed by atoms with Crippen LogP contribution in [-0.2, 0) is 10.2 Å². The van der Waals surface area contributed by atoms with Gasteiger partial charge >= 0.3 is 5.97 Å². The number of anilines is 1. The first-order chi connectivity index (χ1) is 16.7. The van der Waals surface area contributed by atoms with Crippen LogP contribution in [0.5, 0.6) is 11.5 Å². The summed E-state index contributed by atoms with van der Waals surface area (Å²) in [6.45, 7) is 8.79. The second-order valence-corrected chi connectivity index (χ2v) is 9.57. The molecule has 35 heavy (non-hydrogen) atoms. The second-order valence-electron chi connectivity index (χ2n) is 9.57. The number of esters is 1. The summed E-state index contributed by atoms with van der Waals surface area (Å²) in [6.07, 6.45) is 1.68. The predicted octanol–water partition coefficient (Wildman–Crippen LogP) is 6.53. The van der Waals surface area contributed by atoms with Gasteiger partial charge in [0.15, 0.2) is 0 Å². The average Bonchev–Trinajstić information content (AvgIpc) is 3.09. The minimum atomic E-state index is -0.503. The molecule has 2 amide bonds. The van der Waals surface area contributed by atoms with Gasteiger partial charge in [0.25, 0.3) is 11.8 Å². The van der Waals surface area contributed by atoms with E-state index in [1.807, 2.05) is 31.2 Å². The quantitative estimate of drug-likeness (QED) is 0.222. The lowest BCUT2D eigenvalue weighted by atomic mass is 9.87. The lowest BCUT2D eigenvalue weighted by Crippen LogP contribution is -2.29. The maximum atomic E-state index is 13.1. The topological polar surface area (TPSA) is 72.9 Å². The Balaban J connectivity index is 1.48. The van der Waals surface area contributed by atoms with E-state index in [-0.39, 0.29) is 22.1 Å². The molecule has 1 aliphatic heterocycles. The fraction of sp³-hybridized carbons (Fsp3) is 0.276. The van der Waals surface area contributed by atoms with Gasteiger partial charge < -0.3 is 9.47 Å². The molecule has 4 rings (SSSR count). The van der Waals surface area contributed by atoms with Crippen LogP contribution in [0.3, 0.4) is 0 Å². The number of rotatable bonds is 7. The number of hydrogen-bond donors (Lipinski definition) is 0. The number of hydrogen-bond acceptors (Lipinski definition) is 5. The predicted molar refractivity (Wildman–Crippen MR) is 134 cm³/mol. The van der Waals surface area contributed by atoms with E-state index in [4.69, 9.17) is 9.47 Å². The van der Waals surface area contributed by atoms with Gasteiger partial charge in [-0.15, -0.1) is 0 Å². The molecule has 1 aliphatic rings. The van der Waals surface area contributed by atoms with Gasteiger partial charge in [0, 0.05) is 0 Å². The largest absolute Gasteiger partial charge is 0.462 e. The Morgan fingerprint density at radius 3 is 2.03 bits per heavy atom. The molecule has 0 fully saturated rings. The van der Waals surface area contributed by atoms with Crippen molar-refractivity contribution in [1.82, 2.24) is 0 Å². The van der Waals surface area contributed by atoms with E-state index < -0.39 is 17.8 Å². The van der Waals surface area contributed by atoms with Gasteiger partial charge in [-0.1, -0.05) is 46.2 Å². The summed E-state index contributed by atoms with van der Waals surface area (Å²) in [5.74, 6) is -0.116. The number of carbonyl (C=O) groups excluding carboxylic acids is 3. The molecular formula is C29H29NO5. The van der Waals surface area contributed by atoms with Crippen LogP contribution in [0, 0.1) is 0 Å². The lowest BCUT2D eigenvalue weighted by Gasteiger charge is -2.19. The Morgan fingerprint density at radius 2 is 1.43 bits per heavy atom. The van der Waals surface area contributed by atoms with Crippen molar-refractivity contribution in [3.05, 3.63) is 89.0 Å². The van der Waals surface area contributed by atoms with Crippen LogP contribution in [-0.4, -0.2) is 24.4 Å². The van der Waals surface area contributed by atoms with Gasteiger partial charge in [-0.2, -0.15) is 0 Å². The van der Waals surface area contributed by atoms with Crippen molar-refractivity contribution in [1.29, 1.82) is 0 Å². The van der Waals surface area contributed by atoms with Crippen LogP contribution in [0.25, 0.3) is 0 Å². The highest BCUT2D eigenvalue weighted by molar-refractivity contribution is 6.34. The zero-order valence-corrected chi connectivity index (χ0v) is 20.5. The van der Waals surface area contributed by atoms with E-state index >= 15 is 0 Å². The van der Waals surface area contributed by atoms with Gasteiger partial charge in [-0.05, 0) is 72.0 Å². The van der Waals surface area contributed by atoms with Gasteiger partial charge in [-0.25, -0.2) is 9.69 Å². The Hall–Kier alpha value is -3.93. The number of carbonyl (C=O) groups is 3. The third kappa shape index (κ3) is 5.11. The molecule has 0 aliphatic carbocycles. The molecule has 0 spiro atoms. The Morgan fingerprint density at radius 1 is 0.829 bits per heavy atom. The van der Waals surface area contributed by atoms with Crippen LogP contribution in [0.4, 0.5) is 5.69 Å². The SMILES string of the molecule is CCCCOC(=O)c1ccc2c(c1)C(=O)N(c1ccc(Oc3ccc(C(C)(C)C)cc3)cc1)C2=O. The van der Waals surface area contributed by atoms with Crippen molar-refractivity contribution >= 4 is 23.5 Å². The Kier molecular flexibility index (Phi) is 6.74. The monoisotopic (exact) mass is 471 g/mol. The fourth-order valence-corrected chi connectivity index (χ4v) is 3.82. The normalized spacial score (nSPS) is 13.1. The summed E-state index contributed by atoms with van der Waals surface area (Å²) in [4.78, 5) is 39.4. The van der Waals surface area contributed by atoms with Crippen molar-refractivity contribution in [2.24, 2.45) is 0 Å². The zero-order chi connectivity index (χ0) is 25.2. The summed E-state index contributed by atoms with van der Waals surface area (Å²) in [5, 5.41) is 0. The molecule has 6 heteroatoms. The van der Waals surface area contributed by atoms with Crippen molar-refractivity contribution in [3.8, 4) is 11.5 Å². The first-order valence-corrected chi connectivity index (χ1v) is 11.8. The standard InChI is InChI=1S/C29H29NO5/c1-5-6-17-34-28(33)19-7-16-24-25(18-19)27(32)30(26(24)31)21-10-14-23(15-11-21)35-22-12-8-20(9-13-22)29(2,3)4/h7-16,18H,5-6,17H2,1-4H3. The van der Waals surface area contributed by atoms with Crippen LogP contribution in [0.2, 0.25) is 0 Å². The molecule has 0 aromatic heterocycles.